The van der Waals surface area contributed by atoms with E-state index in [1.165, 1.54) is 0 Å². The SMILES string of the molecule is CCCNC(=O)[C@H](C)N(Cc1ccc(OC)cc1)C(=O)COc1ccccc1C. The Morgan fingerprint density at radius 2 is 1.79 bits per heavy atom. The van der Waals surface area contributed by atoms with Gasteiger partial charge in [0.25, 0.3) is 5.91 Å². The minimum Gasteiger partial charge on any atom is -0.497 e. The van der Waals surface area contributed by atoms with E-state index in [9.17, 15) is 9.59 Å². The summed E-state index contributed by atoms with van der Waals surface area (Å²) in [6.07, 6.45) is 0.835. The third-order valence-electron chi connectivity index (χ3n) is 4.67. The molecule has 0 aliphatic rings. The van der Waals surface area contributed by atoms with Crippen LogP contribution in [-0.2, 0) is 16.1 Å². The Bertz CT molecular complexity index is 805. The summed E-state index contributed by atoms with van der Waals surface area (Å²) in [6.45, 7) is 6.40. The molecule has 0 aromatic heterocycles. The van der Waals surface area contributed by atoms with Crippen LogP contribution in [0.2, 0.25) is 0 Å². The molecule has 156 valence electrons. The van der Waals surface area contributed by atoms with Gasteiger partial charge in [-0.15, -0.1) is 0 Å². The van der Waals surface area contributed by atoms with Gasteiger partial charge in [-0.05, 0) is 49.6 Å². The molecular formula is C23H30N2O4. The van der Waals surface area contributed by atoms with Gasteiger partial charge < -0.3 is 19.7 Å². The lowest BCUT2D eigenvalue weighted by Gasteiger charge is -2.29. The van der Waals surface area contributed by atoms with E-state index >= 15 is 0 Å². The van der Waals surface area contributed by atoms with Gasteiger partial charge in [0, 0.05) is 13.1 Å². The van der Waals surface area contributed by atoms with Crippen LogP contribution in [0.15, 0.2) is 48.5 Å². The molecule has 0 unspecified atom stereocenters. The molecule has 2 aromatic rings. The first-order valence-corrected chi connectivity index (χ1v) is 9.84. The molecule has 1 N–H and O–H groups in total. The van der Waals surface area contributed by atoms with E-state index < -0.39 is 6.04 Å². The number of aryl methyl sites for hydroxylation is 1. The highest BCUT2D eigenvalue weighted by molar-refractivity contribution is 5.87. The summed E-state index contributed by atoms with van der Waals surface area (Å²) in [5.41, 5.74) is 1.86. The smallest absolute Gasteiger partial charge is 0.261 e. The van der Waals surface area contributed by atoms with Crippen LogP contribution in [-0.4, -0.2) is 43.0 Å². The van der Waals surface area contributed by atoms with Gasteiger partial charge in [-0.25, -0.2) is 0 Å². The van der Waals surface area contributed by atoms with Crippen LogP contribution in [0.25, 0.3) is 0 Å². The van der Waals surface area contributed by atoms with Crippen molar-refractivity contribution in [1.29, 1.82) is 0 Å². The molecule has 1 atom stereocenters. The molecule has 0 spiro atoms. The van der Waals surface area contributed by atoms with Crippen LogP contribution >= 0.6 is 0 Å². The monoisotopic (exact) mass is 398 g/mol. The number of hydrogen-bond acceptors (Lipinski definition) is 4. The molecule has 0 saturated carbocycles. The number of carbonyl (C=O) groups excluding carboxylic acids is 2. The van der Waals surface area contributed by atoms with Crippen LogP contribution in [0.5, 0.6) is 11.5 Å². The van der Waals surface area contributed by atoms with E-state index in [4.69, 9.17) is 9.47 Å². The fraction of sp³-hybridized carbons (Fsp3) is 0.391. The summed E-state index contributed by atoms with van der Waals surface area (Å²) in [5, 5.41) is 2.86. The zero-order valence-corrected chi connectivity index (χ0v) is 17.6. The molecule has 0 aliphatic heterocycles. The summed E-state index contributed by atoms with van der Waals surface area (Å²) in [4.78, 5) is 27.0. The van der Waals surface area contributed by atoms with Crippen molar-refractivity contribution in [3.8, 4) is 11.5 Å². The summed E-state index contributed by atoms with van der Waals surface area (Å²) >= 11 is 0. The van der Waals surface area contributed by atoms with Gasteiger partial charge in [-0.3, -0.25) is 9.59 Å². The number of benzene rings is 2. The Morgan fingerprint density at radius 1 is 1.10 bits per heavy atom. The van der Waals surface area contributed by atoms with Crippen LogP contribution in [0.1, 0.15) is 31.4 Å². The maximum absolute atomic E-state index is 13.0. The summed E-state index contributed by atoms with van der Waals surface area (Å²) in [6, 6.07) is 14.4. The van der Waals surface area contributed by atoms with Crippen LogP contribution in [0.3, 0.4) is 0 Å². The first-order valence-electron chi connectivity index (χ1n) is 9.84. The van der Waals surface area contributed by atoms with Gasteiger partial charge in [-0.1, -0.05) is 37.3 Å². The molecule has 0 heterocycles. The van der Waals surface area contributed by atoms with Gasteiger partial charge >= 0.3 is 0 Å². The summed E-state index contributed by atoms with van der Waals surface area (Å²) < 4.78 is 10.9. The van der Waals surface area contributed by atoms with E-state index in [2.05, 4.69) is 5.32 Å². The van der Waals surface area contributed by atoms with Crippen molar-refractivity contribution < 1.29 is 19.1 Å². The highest BCUT2D eigenvalue weighted by atomic mass is 16.5. The Labute approximate surface area is 172 Å². The third kappa shape index (κ3) is 6.52. The number of methoxy groups -OCH3 is 1. The lowest BCUT2D eigenvalue weighted by Crippen LogP contribution is -2.49. The van der Waals surface area contributed by atoms with Crippen molar-refractivity contribution in [2.75, 3.05) is 20.3 Å². The lowest BCUT2D eigenvalue weighted by atomic mass is 10.1. The largest absolute Gasteiger partial charge is 0.497 e. The van der Waals surface area contributed by atoms with Gasteiger partial charge in [0.1, 0.15) is 17.5 Å². The average Bonchev–Trinajstić information content (AvgIpc) is 2.75. The molecule has 2 rings (SSSR count). The van der Waals surface area contributed by atoms with Crippen LogP contribution < -0.4 is 14.8 Å². The number of para-hydroxylation sites is 1. The number of nitrogens with zero attached hydrogens (tertiary/aromatic N) is 1. The van der Waals surface area contributed by atoms with E-state index in [-0.39, 0.29) is 18.4 Å². The van der Waals surface area contributed by atoms with Crippen molar-refractivity contribution in [3.05, 3.63) is 59.7 Å². The molecule has 2 aromatic carbocycles. The second kappa shape index (κ2) is 11.1. The molecule has 29 heavy (non-hydrogen) atoms. The second-order valence-electron chi connectivity index (χ2n) is 6.89. The highest BCUT2D eigenvalue weighted by Crippen LogP contribution is 2.18. The molecule has 6 nitrogen and oxygen atoms in total. The average molecular weight is 399 g/mol. The second-order valence-corrected chi connectivity index (χ2v) is 6.89. The zero-order chi connectivity index (χ0) is 21.2. The Hall–Kier alpha value is -3.02. The van der Waals surface area contributed by atoms with Crippen molar-refractivity contribution in [2.24, 2.45) is 0 Å². The number of hydrogen-bond donors (Lipinski definition) is 1. The van der Waals surface area contributed by atoms with Crippen molar-refractivity contribution in [1.82, 2.24) is 10.2 Å². The standard InChI is InChI=1S/C23H30N2O4/c1-5-14-24-23(27)18(3)25(15-19-10-12-20(28-4)13-11-19)22(26)16-29-21-9-7-6-8-17(21)2/h6-13,18H,5,14-16H2,1-4H3,(H,24,27)/t18-/m0/s1. The zero-order valence-electron chi connectivity index (χ0n) is 17.6. The minimum absolute atomic E-state index is 0.133. The van der Waals surface area contributed by atoms with Crippen molar-refractivity contribution >= 4 is 11.8 Å². The molecule has 0 saturated heterocycles. The maximum atomic E-state index is 13.0. The van der Waals surface area contributed by atoms with Crippen LogP contribution in [0, 0.1) is 6.92 Å². The third-order valence-corrected chi connectivity index (χ3v) is 4.67. The quantitative estimate of drug-likeness (QED) is 0.667. The molecular weight excluding hydrogens is 368 g/mol. The summed E-state index contributed by atoms with van der Waals surface area (Å²) in [5.74, 6) is 0.976. The molecule has 2 amide bonds. The first kappa shape index (κ1) is 22.3. The number of nitrogens with one attached hydrogen (secondary N) is 1. The van der Waals surface area contributed by atoms with E-state index in [1.54, 1.807) is 18.9 Å². The number of carbonyl (C=O) groups is 2. The van der Waals surface area contributed by atoms with Gasteiger partial charge in [0.2, 0.25) is 5.91 Å². The molecule has 6 heteroatoms. The normalized spacial score (nSPS) is 11.4. The molecule has 0 fully saturated rings. The predicted molar refractivity (Wildman–Crippen MR) is 113 cm³/mol. The highest BCUT2D eigenvalue weighted by Gasteiger charge is 2.26. The van der Waals surface area contributed by atoms with E-state index in [0.717, 1.165) is 23.3 Å². The van der Waals surface area contributed by atoms with Gasteiger partial charge in [0.15, 0.2) is 6.61 Å². The first-order chi connectivity index (χ1) is 14.0. The Kier molecular flexibility index (Phi) is 8.52. The summed E-state index contributed by atoms with van der Waals surface area (Å²) in [7, 11) is 1.61. The van der Waals surface area contributed by atoms with Gasteiger partial charge in [0.05, 0.1) is 7.11 Å². The fourth-order valence-corrected chi connectivity index (χ4v) is 2.85. The van der Waals surface area contributed by atoms with Crippen molar-refractivity contribution in [2.45, 2.75) is 39.8 Å². The fourth-order valence-electron chi connectivity index (χ4n) is 2.85. The van der Waals surface area contributed by atoms with Gasteiger partial charge in [-0.2, -0.15) is 0 Å². The topological polar surface area (TPSA) is 67.9 Å². The van der Waals surface area contributed by atoms with E-state index in [0.29, 0.717) is 18.8 Å². The minimum atomic E-state index is -0.614. The number of rotatable bonds is 10. The molecule has 0 aliphatic carbocycles. The lowest BCUT2D eigenvalue weighted by molar-refractivity contribution is -0.142. The molecule has 0 radical (unpaired) electrons. The van der Waals surface area contributed by atoms with Crippen LogP contribution in [0.4, 0.5) is 0 Å². The van der Waals surface area contributed by atoms with Crippen molar-refractivity contribution in [3.63, 3.8) is 0 Å². The Balaban J connectivity index is 2.14. The number of amides is 2. The molecule has 0 bridgehead atoms. The number of ether oxygens (including phenoxy) is 2. The van der Waals surface area contributed by atoms with E-state index in [1.807, 2.05) is 62.4 Å². The maximum Gasteiger partial charge on any atom is 0.261 e. The Morgan fingerprint density at radius 3 is 2.41 bits per heavy atom. The predicted octanol–water partition coefficient (Wildman–Crippen LogP) is 3.33.